The van der Waals surface area contributed by atoms with Crippen LogP contribution in [0.15, 0.2) is 48.5 Å². The van der Waals surface area contributed by atoms with Crippen LogP contribution in [0.3, 0.4) is 0 Å². The number of aryl methyl sites for hydroxylation is 1. The summed E-state index contributed by atoms with van der Waals surface area (Å²) in [7, 11) is 0. The van der Waals surface area contributed by atoms with Gasteiger partial charge in [0.25, 0.3) is 5.91 Å². The third-order valence-corrected chi connectivity index (χ3v) is 4.86. The Bertz CT molecular complexity index is 1050. The Morgan fingerprint density at radius 3 is 2.50 bits per heavy atom. The lowest BCUT2D eigenvalue weighted by atomic mass is 10.1. The monoisotopic (exact) mass is 426 g/mol. The maximum Gasteiger partial charge on any atom is 0.252 e. The van der Waals surface area contributed by atoms with Crippen molar-refractivity contribution in [1.29, 1.82) is 0 Å². The Hall–Kier alpha value is -2.86. The summed E-state index contributed by atoms with van der Waals surface area (Å²) in [6.45, 7) is 6.57. The summed E-state index contributed by atoms with van der Waals surface area (Å²) >= 11 is 6.08. The fraction of sp³-hybridized carbons (Fsp3) is 0.348. The minimum Gasteiger partial charge on any atom is -0.352 e. The first-order valence-electron chi connectivity index (χ1n) is 10.0. The average molecular weight is 427 g/mol. The van der Waals surface area contributed by atoms with Crippen molar-refractivity contribution in [3.05, 3.63) is 64.9 Å². The molecule has 1 aromatic heterocycles. The van der Waals surface area contributed by atoms with Crippen LogP contribution in [0.2, 0.25) is 5.02 Å². The smallest absolute Gasteiger partial charge is 0.252 e. The van der Waals surface area contributed by atoms with E-state index in [1.165, 1.54) is 0 Å². The minimum absolute atomic E-state index is 0.0566. The lowest BCUT2D eigenvalue weighted by molar-refractivity contribution is -0.123. The normalized spacial score (nSPS) is 11.5. The van der Waals surface area contributed by atoms with Crippen LogP contribution in [0, 0.1) is 0 Å². The third-order valence-electron chi connectivity index (χ3n) is 4.53. The molecule has 0 spiro atoms. The molecule has 0 aliphatic carbocycles. The SMILES string of the molecule is CC(C)(C)NC(=O)Cn1c(CCCNC(=O)c2ccccc2Cl)nc2ccccc21. The van der Waals surface area contributed by atoms with Crippen LogP contribution >= 0.6 is 11.6 Å². The quantitative estimate of drug-likeness (QED) is 0.561. The zero-order chi connectivity index (χ0) is 21.7. The number of nitrogens with zero attached hydrogens (tertiary/aromatic N) is 2. The molecule has 0 aliphatic heterocycles. The molecule has 0 fully saturated rings. The van der Waals surface area contributed by atoms with Gasteiger partial charge in [-0.25, -0.2) is 4.98 Å². The molecule has 2 aromatic carbocycles. The fourth-order valence-electron chi connectivity index (χ4n) is 3.28. The van der Waals surface area contributed by atoms with E-state index in [4.69, 9.17) is 16.6 Å². The Kier molecular flexibility index (Phi) is 6.77. The lowest BCUT2D eigenvalue weighted by Crippen LogP contribution is -2.42. The highest BCUT2D eigenvalue weighted by molar-refractivity contribution is 6.33. The van der Waals surface area contributed by atoms with Crippen molar-refractivity contribution in [1.82, 2.24) is 20.2 Å². The first kappa shape index (κ1) is 21.8. The zero-order valence-corrected chi connectivity index (χ0v) is 18.3. The number of carbonyl (C=O) groups is 2. The topological polar surface area (TPSA) is 76.0 Å². The molecule has 2 N–H and O–H groups in total. The van der Waals surface area contributed by atoms with Gasteiger partial charge in [0.1, 0.15) is 12.4 Å². The van der Waals surface area contributed by atoms with Crippen LogP contribution in [-0.2, 0) is 17.8 Å². The van der Waals surface area contributed by atoms with E-state index in [1.54, 1.807) is 24.3 Å². The van der Waals surface area contributed by atoms with Crippen molar-refractivity contribution in [2.45, 2.75) is 45.7 Å². The molecular formula is C23H27ClN4O2. The standard InChI is InChI=1S/C23H27ClN4O2/c1-23(2,3)27-21(29)15-28-19-12-7-6-11-18(19)26-20(28)13-8-14-25-22(30)16-9-4-5-10-17(16)24/h4-7,9-12H,8,13-15H2,1-3H3,(H,25,30)(H,27,29). The van der Waals surface area contributed by atoms with Gasteiger partial charge in [-0.3, -0.25) is 9.59 Å². The molecule has 30 heavy (non-hydrogen) atoms. The van der Waals surface area contributed by atoms with E-state index >= 15 is 0 Å². The molecular weight excluding hydrogens is 400 g/mol. The average Bonchev–Trinajstić information content (AvgIpc) is 3.01. The van der Waals surface area contributed by atoms with Gasteiger partial charge in [0.05, 0.1) is 21.6 Å². The second kappa shape index (κ2) is 9.30. The Labute approximate surface area is 181 Å². The van der Waals surface area contributed by atoms with Crippen molar-refractivity contribution in [3.63, 3.8) is 0 Å². The number of rotatable bonds is 7. The number of halogens is 1. The van der Waals surface area contributed by atoms with Gasteiger partial charge >= 0.3 is 0 Å². The molecule has 2 amide bonds. The molecule has 0 atom stereocenters. The highest BCUT2D eigenvalue weighted by Crippen LogP contribution is 2.18. The van der Waals surface area contributed by atoms with Crippen molar-refractivity contribution in [2.24, 2.45) is 0 Å². The molecule has 6 nitrogen and oxygen atoms in total. The Balaban J connectivity index is 1.66. The number of hydrogen-bond donors (Lipinski definition) is 2. The lowest BCUT2D eigenvalue weighted by Gasteiger charge is -2.21. The first-order valence-corrected chi connectivity index (χ1v) is 10.4. The molecule has 158 valence electrons. The molecule has 3 rings (SSSR count). The van der Waals surface area contributed by atoms with Gasteiger partial charge in [-0.1, -0.05) is 35.9 Å². The second-order valence-corrected chi connectivity index (χ2v) is 8.65. The molecule has 0 radical (unpaired) electrons. The van der Waals surface area contributed by atoms with Crippen LogP contribution < -0.4 is 10.6 Å². The van der Waals surface area contributed by atoms with Gasteiger partial charge in [0.2, 0.25) is 5.91 Å². The molecule has 0 bridgehead atoms. The summed E-state index contributed by atoms with van der Waals surface area (Å²) in [4.78, 5) is 29.5. The van der Waals surface area contributed by atoms with Gasteiger partial charge in [-0.15, -0.1) is 0 Å². The van der Waals surface area contributed by atoms with Crippen molar-refractivity contribution in [2.75, 3.05) is 6.54 Å². The van der Waals surface area contributed by atoms with Gasteiger partial charge in [0.15, 0.2) is 0 Å². The fourth-order valence-corrected chi connectivity index (χ4v) is 3.50. The van der Waals surface area contributed by atoms with Crippen LogP contribution in [0.5, 0.6) is 0 Å². The number of nitrogens with one attached hydrogen (secondary N) is 2. The van der Waals surface area contributed by atoms with E-state index in [0.29, 0.717) is 30.0 Å². The summed E-state index contributed by atoms with van der Waals surface area (Å²) in [5, 5.41) is 6.33. The maximum absolute atomic E-state index is 12.5. The summed E-state index contributed by atoms with van der Waals surface area (Å²) in [6, 6.07) is 14.8. The molecule has 3 aromatic rings. The number of aromatic nitrogens is 2. The number of benzene rings is 2. The highest BCUT2D eigenvalue weighted by Gasteiger charge is 2.17. The summed E-state index contributed by atoms with van der Waals surface area (Å²) in [5.74, 6) is 0.574. The van der Waals surface area contributed by atoms with Gasteiger partial charge in [-0.05, 0) is 51.5 Å². The minimum atomic E-state index is -0.295. The van der Waals surface area contributed by atoms with Crippen LogP contribution in [0.25, 0.3) is 11.0 Å². The first-order chi connectivity index (χ1) is 14.2. The van der Waals surface area contributed by atoms with Crippen LogP contribution in [0.4, 0.5) is 0 Å². The van der Waals surface area contributed by atoms with Gasteiger partial charge < -0.3 is 15.2 Å². The molecule has 0 unspecified atom stereocenters. The van der Waals surface area contributed by atoms with Gasteiger partial charge in [-0.2, -0.15) is 0 Å². The molecule has 7 heteroatoms. The van der Waals surface area contributed by atoms with Crippen molar-refractivity contribution >= 4 is 34.4 Å². The molecule has 0 saturated carbocycles. The van der Waals surface area contributed by atoms with Crippen molar-refractivity contribution in [3.8, 4) is 0 Å². The van der Waals surface area contributed by atoms with Gasteiger partial charge in [0, 0.05) is 18.5 Å². The number of amides is 2. The van der Waals surface area contributed by atoms with E-state index < -0.39 is 0 Å². The largest absolute Gasteiger partial charge is 0.352 e. The van der Waals surface area contributed by atoms with Crippen LogP contribution in [-0.4, -0.2) is 33.4 Å². The van der Waals surface area contributed by atoms with E-state index in [1.807, 2.05) is 49.6 Å². The molecule has 1 heterocycles. The maximum atomic E-state index is 12.5. The number of para-hydroxylation sites is 2. The Morgan fingerprint density at radius 1 is 1.07 bits per heavy atom. The van der Waals surface area contributed by atoms with E-state index in [9.17, 15) is 9.59 Å². The predicted molar refractivity (Wildman–Crippen MR) is 120 cm³/mol. The molecule has 0 aliphatic rings. The number of imidazole rings is 1. The summed E-state index contributed by atoms with van der Waals surface area (Å²) in [6.07, 6.45) is 1.33. The van der Waals surface area contributed by atoms with Crippen molar-refractivity contribution < 1.29 is 9.59 Å². The number of hydrogen-bond acceptors (Lipinski definition) is 3. The van der Waals surface area contributed by atoms with E-state index in [2.05, 4.69) is 10.6 Å². The third kappa shape index (κ3) is 5.60. The predicted octanol–water partition coefficient (Wildman–Crippen LogP) is 3.97. The summed E-state index contributed by atoms with van der Waals surface area (Å²) in [5.41, 5.74) is 1.95. The Morgan fingerprint density at radius 2 is 1.77 bits per heavy atom. The second-order valence-electron chi connectivity index (χ2n) is 8.24. The molecule has 0 saturated heterocycles. The van der Waals surface area contributed by atoms with E-state index in [0.717, 1.165) is 16.9 Å². The summed E-state index contributed by atoms with van der Waals surface area (Å²) < 4.78 is 1.95. The zero-order valence-electron chi connectivity index (χ0n) is 17.5. The highest BCUT2D eigenvalue weighted by atomic mass is 35.5. The van der Waals surface area contributed by atoms with E-state index in [-0.39, 0.29) is 23.9 Å². The van der Waals surface area contributed by atoms with Crippen LogP contribution in [0.1, 0.15) is 43.4 Å². The number of carbonyl (C=O) groups excluding carboxylic acids is 2. The number of fused-ring (bicyclic) bond motifs is 1.